The molecule has 0 unspecified atom stereocenters. The molecule has 1 aliphatic rings. The van der Waals surface area contributed by atoms with Gasteiger partial charge in [-0.2, -0.15) is 13.2 Å². The second-order valence-electron chi connectivity index (χ2n) is 10.2. The number of alkyl halides is 3. The molecule has 1 saturated heterocycles. The lowest BCUT2D eigenvalue weighted by Crippen LogP contribution is -2.32. The van der Waals surface area contributed by atoms with Gasteiger partial charge in [-0.25, -0.2) is 14.8 Å². The maximum atomic E-state index is 13.4. The highest BCUT2D eigenvalue weighted by Crippen LogP contribution is 2.32. The number of rotatable bonds is 6. The molecule has 0 spiro atoms. The fourth-order valence-corrected chi connectivity index (χ4v) is 6.09. The van der Waals surface area contributed by atoms with Crippen LogP contribution in [0, 0.1) is 0 Å². The minimum atomic E-state index is -5.08. The number of fused-ring (bicyclic) bond motifs is 2. The van der Waals surface area contributed by atoms with Crippen molar-refractivity contribution in [2.45, 2.75) is 19.0 Å². The van der Waals surface area contributed by atoms with E-state index in [4.69, 9.17) is 26.5 Å². The number of likely N-dealkylation sites (tertiary alicyclic amines) is 1. The van der Waals surface area contributed by atoms with Crippen molar-refractivity contribution in [2.24, 2.45) is 7.05 Å². The summed E-state index contributed by atoms with van der Waals surface area (Å²) in [4.78, 5) is 37.5. The van der Waals surface area contributed by atoms with Crippen molar-refractivity contribution >= 4 is 56.1 Å². The molecule has 0 atom stereocenters. The van der Waals surface area contributed by atoms with E-state index < -0.39 is 12.1 Å². The molecular formula is C29H28ClF3N6O3S. The fraction of sp³-hybridized carbons (Fsp3) is 0.310. The van der Waals surface area contributed by atoms with Crippen LogP contribution in [0.2, 0.25) is 5.02 Å². The minimum Gasteiger partial charge on any atom is -0.475 e. The smallest absolute Gasteiger partial charge is 0.475 e. The van der Waals surface area contributed by atoms with Gasteiger partial charge in [0.1, 0.15) is 11.0 Å². The number of carbonyl (C=O) groups is 1. The molecule has 226 valence electrons. The number of hydrogen-bond acceptors (Lipinski definition) is 7. The van der Waals surface area contributed by atoms with Crippen molar-refractivity contribution in [1.29, 1.82) is 0 Å². The van der Waals surface area contributed by atoms with E-state index in [1.54, 1.807) is 10.9 Å². The summed E-state index contributed by atoms with van der Waals surface area (Å²) in [6.45, 7) is 4.36. The zero-order valence-corrected chi connectivity index (χ0v) is 24.9. The maximum Gasteiger partial charge on any atom is 0.490 e. The number of carboxylic acid groups (broad SMARTS) is 1. The van der Waals surface area contributed by atoms with Crippen LogP contribution in [0.15, 0.2) is 59.7 Å². The summed E-state index contributed by atoms with van der Waals surface area (Å²) in [5.74, 6) is -1.83. The van der Waals surface area contributed by atoms with E-state index in [0.717, 1.165) is 46.2 Å². The Morgan fingerprint density at radius 1 is 1.09 bits per heavy atom. The highest BCUT2D eigenvalue weighted by molar-refractivity contribution is 7.22. The molecule has 0 radical (unpaired) electrons. The lowest BCUT2D eigenvalue weighted by molar-refractivity contribution is -0.192. The molecular weight excluding hydrogens is 605 g/mol. The first-order valence-corrected chi connectivity index (χ1v) is 14.6. The Bertz CT molecular complexity index is 1830. The van der Waals surface area contributed by atoms with E-state index >= 15 is 0 Å². The average Bonchev–Trinajstić information content (AvgIpc) is 3.72. The summed E-state index contributed by atoms with van der Waals surface area (Å²) >= 11 is 7.48. The maximum absolute atomic E-state index is 13.4. The molecule has 14 heteroatoms. The van der Waals surface area contributed by atoms with Crippen LogP contribution in [0.1, 0.15) is 12.8 Å². The van der Waals surface area contributed by atoms with Gasteiger partial charge in [0.25, 0.3) is 5.56 Å². The van der Waals surface area contributed by atoms with Crippen LogP contribution in [0.25, 0.3) is 37.4 Å². The van der Waals surface area contributed by atoms with Gasteiger partial charge in [-0.3, -0.25) is 9.36 Å². The number of nitrogens with zero attached hydrogens (tertiary/aromatic N) is 6. The molecule has 1 N–H and O–H groups in total. The third kappa shape index (κ3) is 6.68. The zero-order valence-electron chi connectivity index (χ0n) is 23.3. The second-order valence-corrected chi connectivity index (χ2v) is 11.7. The van der Waals surface area contributed by atoms with Gasteiger partial charge in [0, 0.05) is 37.1 Å². The molecule has 5 aromatic rings. The molecule has 4 heterocycles. The third-order valence-corrected chi connectivity index (χ3v) is 8.63. The number of likely N-dealkylation sites (N-methyl/N-ethyl adjacent to an activating group) is 1. The summed E-state index contributed by atoms with van der Waals surface area (Å²) in [7, 11) is 4.13. The molecule has 2 aromatic carbocycles. The molecule has 0 amide bonds. The second kappa shape index (κ2) is 12.3. The normalized spacial score (nSPS) is 13.8. The molecule has 43 heavy (non-hydrogen) atoms. The van der Waals surface area contributed by atoms with Crippen LogP contribution < -0.4 is 10.5 Å². The molecule has 3 aromatic heterocycles. The number of hydrogen-bond donors (Lipinski definition) is 1. The van der Waals surface area contributed by atoms with Crippen molar-refractivity contribution in [2.75, 3.05) is 38.1 Å². The van der Waals surface area contributed by atoms with E-state index in [0.29, 0.717) is 15.2 Å². The van der Waals surface area contributed by atoms with Crippen molar-refractivity contribution in [1.82, 2.24) is 24.0 Å². The van der Waals surface area contributed by atoms with E-state index in [9.17, 15) is 18.0 Å². The highest BCUT2D eigenvalue weighted by atomic mass is 35.5. The summed E-state index contributed by atoms with van der Waals surface area (Å²) in [6.07, 6.45) is -0.879. The van der Waals surface area contributed by atoms with Crippen LogP contribution >= 0.6 is 22.9 Å². The Balaban J connectivity index is 0.000000472. The Kier molecular flexibility index (Phi) is 8.76. The van der Waals surface area contributed by atoms with E-state index in [-0.39, 0.29) is 5.56 Å². The largest absolute Gasteiger partial charge is 0.490 e. The predicted octanol–water partition coefficient (Wildman–Crippen LogP) is 5.82. The number of anilines is 1. The van der Waals surface area contributed by atoms with Gasteiger partial charge in [-0.15, -0.1) is 11.3 Å². The topological polar surface area (TPSA) is 96.5 Å². The van der Waals surface area contributed by atoms with Crippen molar-refractivity contribution < 1.29 is 23.1 Å². The van der Waals surface area contributed by atoms with Crippen molar-refractivity contribution in [3.63, 3.8) is 0 Å². The molecule has 9 nitrogen and oxygen atoms in total. The molecule has 0 saturated carbocycles. The van der Waals surface area contributed by atoms with Gasteiger partial charge in [-0.1, -0.05) is 23.7 Å². The zero-order chi connectivity index (χ0) is 30.9. The van der Waals surface area contributed by atoms with Crippen molar-refractivity contribution in [3.8, 4) is 16.1 Å². The van der Waals surface area contributed by atoms with Gasteiger partial charge in [0.05, 0.1) is 22.2 Å². The molecule has 0 aliphatic carbocycles. The van der Waals surface area contributed by atoms with Crippen LogP contribution in [-0.2, 0) is 11.8 Å². The quantitative estimate of drug-likeness (QED) is 0.252. The number of thiophene rings is 1. The lowest BCUT2D eigenvalue weighted by Gasteiger charge is -2.22. The monoisotopic (exact) mass is 632 g/mol. The van der Waals surface area contributed by atoms with E-state index in [2.05, 4.69) is 26.4 Å². The van der Waals surface area contributed by atoms with Crippen LogP contribution in [-0.4, -0.2) is 74.5 Å². The number of benzene rings is 2. The van der Waals surface area contributed by atoms with E-state index in [1.807, 2.05) is 55.6 Å². The average molecular weight is 633 g/mol. The van der Waals surface area contributed by atoms with Gasteiger partial charge < -0.3 is 19.5 Å². The Morgan fingerprint density at radius 2 is 1.77 bits per heavy atom. The number of aromatic nitrogens is 4. The first kappa shape index (κ1) is 30.5. The van der Waals surface area contributed by atoms with Crippen molar-refractivity contribution in [3.05, 3.63) is 70.2 Å². The summed E-state index contributed by atoms with van der Waals surface area (Å²) < 4.78 is 36.1. The van der Waals surface area contributed by atoms with Crippen LogP contribution in [0.5, 0.6) is 0 Å². The van der Waals surface area contributed by atoms with Gasteiger partial charge in [0.15, 0.2) is 0 Å². The first-order valence-electron chi connectivity index (χ1n) is 13.4. The molecule has 6 rings (SSSR count). The van der Waals surface area contributed by atoms with Gasteiger partial charge in [0.2, 0.25) is 5.95 Å². The fourth-order valence-electron chi connectivity index (χ4n) is 4.92. The van der Waals surface area contributed by atoms with Gasteiger partial charge >= 0.3 is 12.1 Å². The van der Waals surface area contributed by atoms with Crippen LogP contribution in [0.4, 0.5) is 19.1 Å². The number of aliphatic carboxylic acids is 1. The predicted molar refractivity (Wildman–Crippen MR) is 163 cm³/mol. The molecule has 1 fully saturated rings. The molecule has 0 bridgehead atoms. The lowest BCUT2D eigenvalue weighted by atomic mass is 10.2. The van der Waals surface area contributed by atoms with Crippen LogP contribution in [0.3, 0.4) is 0 Å². The van der Waals surface area contributed by atoms with E-state index in [1.165, 1.54) is 37.3 Å². The Morgan fingerprint density at radius 3 is 2.42 bits per heavy atom. The Hall–Kier alpha value is -3.94. The first-order chi connectivity index (χ1) is 20.4. The minimum absolute atomic E-state index is 0.0801. The summed E-state index contributed by atoms with van der Waals surface area (Å²) in [5, 5.41) is 7.81. The summed E-state index contributed by atoms with van der Waals surface area (Å²) in [6, 6.07) is 15.5. The number of halogens is 4. The van der Waals surface area contributed by atoms with Gasteiger partial charge in [-0.05, 0) is 67.9 Å². The standard InChI is InChI=1S/C27H27ClN6OS.C2HF3O2/c1-31(13-14-33-11-3-4-12-33)27-30-21-15-20(9-10-23(21)32(27)2)34-17-29-22-16-24(36-25(22)26(34)35)18-5-7-19(28)8-6-18;3-2(4,5)1(6)7/h5-10,15-17H,3-4,11-14H2,1-2H3;(H,6,7). The summed E-state index contributed by atoms with van der Waals surface area (Å²) in [5.41, 5.74) is 4.29. The third-order valence-electron chi connectivity index (χ3n) is 7.22. The number of aryl methyl sites for hydroxylation is 1. The molecule has 1 aliphatic heterocycles. The Labute approximate surface area is 253 Å². The highest BCUT2D eigenvalue weighted by Gasteiger charge is 2.38. The SMILES string of the molecule is CN(CCN1CCCC1)c1nc2cc(-n3cnc4cc(-c5ccc(Cl)cc5)sc4c3=O)ccc2n1C.O=C(O)C(F)(F)F. The number of imidazole rings is 1. The number of carboxylic acids is 1.